The molecule has 0 aliphatic carbocycles. The smallest absolute Gasteiger partial charge is 0.185 e. The van der Waals surface area contributed by atoms with Crippen LogP contribution in [0.15, 0.2) is 91.0 Å². The van der Waals surface area contributed by atoms with Crippen LogP contribution in [0.1, 0.15) is 5.56 Å². The lowest BCUT2D eigenvalue weighted by Crippen LogP contribution is -2.45. The highest BCUT2D eigenvalue weighted by Crippen LogP contribution is 2.22. The maximum absolute atomic E-state index is 5.48. The number of nitrogens with one attached hydrogen (secondary N) is 2. The number of rotatable bonds is 6. The number of benzene rings is 3. The maximum Gasteiger partial charge on any atom is 0.185 e. The van der Waals surface area contributed by atoms with E-state index in [0.717, 1.165) is 24.3 Å². The van der Waals surface area contributed by atoms with Gasteiger partial charge in [-0.15, -0.1) is 0 Å². The van der Waals surface area contributed by atoms with Crippen molar-refractivity contribution in [1.82, 2.24) is 10.7 Å². The quantitative estimate of drug-likeness (QED) is 0.509. The molecule has 0 amide bonds. The Labute approximate surface area is 154 Å². The Morgan fingerprint density at radius 1 is 0.720 bits per heavy atom. The zero-order chi connectivity index (χ0) is 17.3. The van der Waals surface area contributed by atoms with Crippen LogP contribution in [0.25, 0.3) is 0 Å². The first-order valence-electron chi connectivity index (χ1n) is 8.31. The molecule has 0 bridgehead atoms. The van der Waals surface area contributed by atoms with E-state index in [-0.39, 0.29) is 0 Å². The average molecular weight is 347 g/mol. The maximum atomic E-state index is 5.48. The molecule has 25 heavy (non-hydrogen) atoms. The van der Waals surface area contributed by atoms with Crippen LogP contribution in [0, 0.1) is 0 Å². The van der Waals surface area contributed by atoms with Gasteiger partial charge in [0.2, 0.25) is 0 Å². The topological polar surface area (TPSA) is 27.3 Å². The number of thiocarbonyl (C=S) groups is 1. The van der Waals surface area contributed by atoms with Gasteiger partial charge in [-0.3, -0.25) is 10.4 Å². The van der Waals surface area contributed by atoms with Gasteiger partial charge in [0.25, 0.3) is 0 Å². The summed E-state index contributed by atoms with van der Waals surface area (Å²) in [7, 11) is 0. The molecular formula is C21H21N3S. The summed E-state index contributed by atoms with van der Waals surface area (Å²) in [5, 5.41) is 5.86. The van der Waals surface area contributed by atoms with E-state index in [4.69, 9.17) is 12.2 Å². The minimum atomic E-state index is 0.601. The predicted octanol–water partition coefficient (Wildman–Crippen LogP) is 4.45. The molecule has 0 saturated heterocycles. The summed E-state index contributed by atoms with van der Waals surface area (Å²) in [5.41, 5.74) is 6.64. The van der Waals surface area contributed by atoms with Crippen molar-refractivity contribution in [2.24, 2.45) is 0 Å². The monoisotopic (exact) mass is 347 g/mol. The van der Waals surface area contributed by atoms with E-state index in [1.54, 1.807) is 0 Å². The van der Waals surface area contributed by atoms with E-state index in [9.17, 15) is 0 Å². The van der Waals surface area contributed by atoms with Gasteiger partial charge in [0.15, 0.2) is 5.11 Å². The zero-order valence-corrected chi connectivity index (χ0v) is 14.7. The van der Waals surface area contributed by atoms with Crippen molar-refractivity contribution in [3.05, 3.63) is 96.6 Å². The number of anilines is 2. The summed E-state index contributed by atoms with van der Waals surface area (Å²) in [5.74, 6) is 0. The third kappa shape index (κ3) is 5.06. The highest BCUT2D eigenvalue weighted by atomic mass is 32.1. The Bertz CT molecular complexity index is 737. The van der Waals surface area contributed by atoms with Crippen LogP contribution in [0.3, 0.4) is 0 Å². The molecule has 0 aliphatic heterocycles. The molecule has 0 heterocycles. The Morgan fingerprint density at radius 3 is 1.72 bits per heavy atom. The van der Waals surface area contributed by atoms with Gasteiger partial charge in [0.05, 0.1) is 11.4 Å². The SMILES string of the molecule is S=C(NCCc1ccccc1)NN(c1ccccc1)c1ccccc1. The van der Waals surface area contributed by atoms with Gasteiger partial charge >= 0.3 is 0 Å². The van der Waals surface area contributed by atoms with Gasteiger partial charge in [-0.2, -0.15) is 0 Å². The Balaban J connectivity index is 1.63. The molecule has 0 spiro atoms. The zero-order valence-electron chi connectivity index (χ0n) is 13.9. The molecule has 0 atom stereocenters. The number of hydrogen-bond donors (Lipinski definition) is 2. The summed E-state index contributed by atoms with van der Waals surface area (Å²) in [6, 6.07) is 30.6. The van der Waals surface area contributed by atoms with Crippen molar-refractivity contribution in [2.45, 2.75) is 6.42 Å². The van der Waals surface area contributed by atoms with Gasteiger partial charge in [0, 0.05) is 6.54 Å². The van der Waals surface area contributed by atoms with Crippen LogP contribution in [0.2, 0.25) is 0 Å². The second-order valence-corrected chi connectivity index (χ2v) is 6.02. The van der Waals surface area contributed by atoms with E-state index >= 15 is 0 Å². The molecule has 4 heteroatoms. The van der Waals surface area contributed by atoms with E-state index < -0.39 is 0 Å². The third-order valence-corrected chi connectivity index (χ3v) is 4.02. The molecule has 3 nitrogen and oxygen atoms in total. The van der Waals surface area contributed by atoms with Gasteiger partial charge in [-0.05, 0) is 48.5 Å². The molecule has 126 valence electrons. The molecule has 0 aromatic heterocycles. The number of nitrogens with zero attached hydrogens (tertiary/aromatic N) is 1. The molecule has 0 saturated carbocycles. The second-order valence-electron chi connectivity index (χ2n) is 5.61. The Hall–Kier alpha value is -2.85. The first kappa shape index (κ1) is 17.0. The van der Waals surface area contributed by atoms with E-state index in [1.165, 1.54) is 5.56 Å². The van der Waals surface area contributed by atoms with Crippen molar-refractivity contribution in [3.63, 3.8) is 0 Å². The first-order chi connectivity index (χ1) is 12.3. The molecular weight excluding hydrogens is 326 g/mol. The Morgan fingerprint density at radius 2 is 1.20 bits per heavy atom. The largest absolute Gasteiger partial charge is 0.361 e. The molecule has 3 rings (SSSR count). The molecule has 0 aliphatic rings. The fourth-order valence-electron chi connectivity index (χ4n) is 2.54. The Kier molecular flexibility index (Phi) is 6.01. The van der Waals surface area contributed by atoms with Crippen molar-refractivity contribution >= 4 is 28.7 Å². The van der Waals surface area contributed by atoms with Crippen molar-refractivity contribution in [3.8, 4) is 0 Å². The van der Waals surface area contributed by atoms with Gasteiger partial charge in [0.1, 0.15) is 0 Å². The molecule has 0 unspecified atom stereocenters. The van der Waals surface area contributed by atoms with Crippen LogP contribution in [-0.4, -0.2) is 11.7 Å². The fourth-order valence-corrected chi connectivity index (χ4v) is 2.73. The van der Waals surface area contributed by atoms with E-state index in [2.05, 4.69) is 35.0 Å². The highest BCUT2D eigenvalue weighted by Gasteiger charge is 2.10. The van der Waals surface area contributed by atoms with Crippen LogP contribution < -0.4 is 15.8 Å². The van der Waals surface area contributed by atoms with Crippen molar-refractivity contribution < 1.29 is 0 Å². The van der Waals surface area contributed by atoms with Crippen LogP contribution >= 0.6 is 12.2 Å². The summed E-state index contributed by atoms with van der Waals surface area (Å²) in [6.07, 6.45) is 0.930. The van der Waals surface area contributed by atoms with Gasteiger partial charge < -0.3 is 5.32 Å². The average Bonchev–Trinajstić information content (AvgIpc) is 2.68. The van der Waals surface area contributed by atoms with Crippen molar-refractivity contribution in [1.29, 1.82) is 0 Å². The summed E-state index contributed by atoms with van der Waals surface area (Å²) in [4.78, 5) is 0. The number of para-hydroxylation sites is 2. The normalized spacial score (nSPS) is 10.1. The van der Waals surface area contributed by atoms with Gasteiger partial charge in [-0.25, -0.2) is 0 Å². The molecule has 0 fully saturated rings. The van der Waals surface area contributed by atoms with E-state index in [1.807, 2.05) is 71.7 Å². The summed E-state index contributed by atoms with van der Waals surface area (Å²) in [6.45, 7) is 0.785. The molecule has 3 aromatic carbocycles. The standard InChI is InChI=1S/C21H21N3S/c25-21(22-17-16-18-10-4-1-5-11-18)23-24(19-12-6-2-7-13-19)20-14-8-3-9-15-20/h1-15H,16-17H2,(H2,22,23,25). The lowest BCUT2D eigenvalue weighted by molar-refractivity contribution is 0.821. The van der Waals surface area contributed by atoms with Crippen LogP contribution in [0.4, 0.5) is 11.4 Å². The lowest BCUT2D eigenvalue weighted by atomic mass is 10.1. The van der Waals surface area contributed by atoms with E-state index in [0.29, 0.717) is 5.11 Å². The molecule has 2 N–H and O–H groups in total. The fraction of sp³-hybridized carbons (Fsp3) is 0.0952. The number of hydrazine groups is 1. The van der Waals surface area contributed by atoms with Gasteiger partial charge in [-0.1, -0.05) is 66.7 Å². The van der Waals surface area contributed by atoms with Crippen LogP contribution in [-0.2, 0) is 6.42 Å². The highest BCUT2D eigenvalue weighted by molar-refractivity contribution is 7.80. The van der Waals surface area contributed by atoms with Crippen molar-refractivity contribution in [2.75, 3.05) is 11.6 Å². The summed E-state index contributed by atoms with van der Waals surface area (Å²) >= 11 is 5.48. The van der Waals surface area contributed by atoms with Crippen LogP contribution in [0.5, 0.6) is 0 Å². The lowest BCUT2D eigenvalue weighted by Gasteiger charge is -2.27. The second kappa shape index (κ2) is 8.85. The minimum Gasteiger partial charge on any atom is -0.361 e. The minimum absolute atomic E-state index is 0.601. The number of hydrogen-bond acceptors (Lipinski definition) is 2. The molecule has 0 radical (unpaired) electrons. The third-order valence-electron chi connectivity index (χ3n) is 3.78. The predicted molar refractivity (Wildman–Crippen MR) is 109 cm³/mol. The summed E-state index contributed by atoms with van der Waals surface area (Å²) < 4.78 is 0. The molecule has 3 aromatic rings. The first-order valence-corrected chi connectivity index (χ1v) is 8.72.